The Labute approximate surface area is 102 Å². The Morgan fingerprint density at radius 1 is 1.50 bits per heavy atom. The van der Waals surface area contributed by atoms with E-state index in [0.717, 1.165) is 0 Å². The summed E-state index contributed by atoms with van der Waals surface area (Å²) in [6, 6.07) is 8.74. The summed E-state index contributed by atoms with van der Waals surface area (Å²) in [7, 11) is 0. The largest absolute Gasteiger partial charge is 0.480 e. The molecule has 90 valence electrons. The maximum Gasteiger partial charge on any atom is 0.290 e. The first-order valence-corrected chi connectivity index (χ1v) is 5.11. The van der Waals surface area contributed by atoms with Gasteiger partial charge in [-0.3, -0.25) is 4.79 Å². The van der Waals surface area contributed by atoms with E-state index in [1.807, 2.05) is 0 Å². The van der Waals surface area contributed by atoms with Gasteiger partial charge < -0.3 is 9.52 Å². The van der Waals surface area contributed by atoms with Crippen LogP contribution in [0.3, 0.4) is 0 Å². The maximum absolute atomic E-state index is 11.0. The van der Waals surface area contributed by atoms with E-state index in [-0.39, 0.29) is 12.4 Å². The Balaban J connectivity index is 2.20. The average molecular weight is 243 g/mol. The number of carbonyl (C=O) groups is 1. The van der Waals surface area contributed by atoms with Crippen LogP contribution in [0.1, 0.15) is 12.2 Å². The molecule has 1 amide bonds. The fraction of sp³-hybridized carbons (Fsp3) is 0.0833. The van der Waals surface area contributed by atoms with Crippen molar-refractivity contribution in [1.29, 1.82) is 5.26 Å². The highest BCUT2D eigenvalue weighted by Crippen LogP contribution is 2.29. The molecule has 0 saturated heterocycles. The first-order valence-electron chi connectivity index (χ1n) is 5.11. The molecule has 6 nitrogen and oxygen atoms in total. The van der Waals surface area contributed by atoms with Gasteiger partial charge in [0.2, 0.25) is 0 Å². The van der Waals surface area contributed by atoms with Gasteiger partial charge in [0.25, 0.3) is 11.9 Å². The van der Waals surface area contributed by atoms with Crippen molar-refractivity contribution in [3.8, 4) is 12.0 Å². The molecule has 1 aromatic carbocycles. The van der Waals surface area contributed by atoms with Crippen LogP contribution in [0.2, 0.25) is 0 Å². The maximum atomic E-state index is 11.0. The van der Waals surface area contributed by atoms with Gasteiger partial charge in [-0.2, -0.15) is 10.4 Å². The molecule has 2 N–H and O–H groups in total. The highest BCUT2D eigenvalue weighted by atomic mass is 16.5. The monoisotopic (exact) mass is 243 g/mol. The van der Waals surface area contributed by atoms with Crippen LogP contribution in [0.15, 0.2) is 33.8 Å². The topological polar surface area (TPSA) is 98.6 Å². The van der Waals surface area contributed by atoms with E-state index >= 15 is 0 Å². The van der Waals surface area contributed by atoms with Gasteiger partial charge in [-0.05, 0) is 6.07 Å². The first-order chi connectivity index (χ1) is 8.72. The van der Waals surface area contributed by atoms with E-state index < -0.39 is 5.91 Å². The lowest BCUT2D eigenvalue weighted by Gasteiger charge is -1.92. The molecule has 0 fully saturated rings. The van der Waals surface area contributed by atoms with Crippen LogP contribution in [0.25, 0.3) is 10.8 Å². The Morgan fingerprint density at radius 3 is 2.94 bits per heavy atom. The van der Waals surface area contributed by atoms with E-state index in [9.17, 15) is 9.90 Å². The SMILES string of the molecule is N#CCC(=O)N/N=C\c1oc(O)c2ccccc12. The number of furan rings is 1. The van der Waals surface area contributed by atoms with Crippen molar-refractivity contribution >= 4 is 22.9 Å². The molecule has 0 aliphatic rings. The second kappa shape index (κ2) is 5.01. The Bertz CT molecular complexity index is 652. The molecule has 0 aliphatic heterocycles. The van der Waals surface area contributed by atoms with Crippen LogP contribution in [0, 0.1) is 11.3 Å². The lowest BCUT2D eigenvalue weighted by molar-refractivity contribution is -0.120. The number of fused-ring (bicyclic) bond motifs is 1. The summed E-state index contributed by atoms with van der Waals surface area (Å²) < 4.78 is 5.10. The van der Waals surface area contributed by atoms with Gasteiger partial charge in [-0.1, -0.05) is 18.2 Å². The van der Waals surface area contributed by atoms with Crippen molar-refractivity contribution < 1.29 is 14.3 Å². The van der Waals surface area contributed by atoms with Crippen LogP contribution in [-0.2, 0) is 4.79 Å². The summed E-state index contributed by atoms with van der Waals surface area (Å²) in [4.78, 5) is 11.0. The number of benzene rings is 1. The van der Waals surface area contributed by atoms with Crippen LogP contribution < -0.4 is 5.43 Å². The van der Waals surface area contributed by atoms with Gasteiger partial charge in [0.15, 0.2) is 5.76 Å². The number of aromatic hydroxyl groups is 1. The first kappa shape index (κ1) is 11.7. The minimum atomic E-state index is -0.506. The molecule has 0 radical (unpaired) electrons. The number of hydrogen-bond acceptors (Lipinski definition) is 5. The standard InChI is InChI=1S/C12H9N3O3/c13-6-5-11(16)15-14-7-10-8-3-1-2-4-9(8)12(17)18-10/h1-4,7,17H,5H2,(H,15,16)/b14-7-. The number of rotatable bonds is 3. The molecule has 2 aromatic rings. The molecule has 0 aliphatic carbocycles. The van der Waals surface area contributed by atoms with E-state index in [1.165, 1.54) is 6.21 Å². The van der Waals surface area contributed by atoms with Crippen LogP contribution >= 0.6 is 0 Å². The molecular weight excluding hydrogens is 234 g/mol. The average Bonchev–Trinajstić information content (AvgIpc) is 2.68. The van der Waals surface area contributed by atoms with Crippen molar-refractivity contribution in [3.63, 3.8) is 0 Å². The molecule has 1 aromatic heterocycles. The third-order valence-corrected chi connectivity index (χ3v) is 2.24. The zero-order valence-corrected chi connectivity index (χ0v) is 9.25. The number of carbonyl (C=O) groups excluding carboxylic acids is 1. The quantitative estimate of drug-likeness (QED) is 0.630. The third-order valence-electron chi connectivity index (χ3n) is 2.24. The molecule has 0 atom stereocenters. The minimum Gasteiger partial charge on any atom is -0.480 e. The number of nitrogens with one attached hydrogen (secondary N) is 1. The molecule has 1 heterocycles. The molecule has 18 heavy (non-hydrogen) atoms. The predicted octanol–water partition coefficient (Wildman–Crippen LogP) is 1.50. The summed E-state index contributed by atoms with van der Waals surface area (Å²) >= 11 is 0. The number of hydrazone groups is 1. The second-order valence-corrected chi connectivity index (χ2v) is 3.45. The summed E-state index contributed by atoms with van der Waals surface area (Å²) in [6.45, 7) is 0. The summed E-state index contributed by atoms with van der Waals surface area (Å²) in [5.41, 5.74) is 2.17. The Hall–Kier alpha value is -2.81. The van der Waals surface area contributed by atoms with Gasteiger partial charge in [0.1, 0.15) is 6.42 Å². The van der Waals surface area contributed by atoms with E-state index in [2.05, 4.69) is 10.5 Å². The summed E-state index contributed by atoms with van der Waals surface area (Å²) in [6.07, 6.45) is 1.01. The van der Waals surface area contributed by atoms with Gasteiger partial charge in [0, 0.05) is 5.39 Å². The molecule has 6 heteroatoms. The molecule has 0 bridgehead atoms. The van der Waals surface area contributed by atoms with Crippen molar-refractivity contribution in [1.82, 2.24) is 5.43 Å². The van der Waals surface area contributed by atoms with Gasteiger partial charge >= 0.3 is 0 Å². The summed E-state index contributed by atoms with van der Waals surface area (Å²) in [5.74, 6) is -0.371. The van der Waals surface area contributed by atoms with Crippen LogP contribution in [0.5, 0.6) is 5.95 Å². The number of hydrogen-bond donors (Lipinski definition) is 2. The van der Waals surface area contributed by atoms with Gasteiger partial charge in [-0.15, -0.1) is 0 Å². The van der Waals surface area contributed by atoms with Crippen molar-refractivity contribution in [3.05, 3.63) is 30.0 Å². The fourth-order valence-corrected chi connectivity index (χ4v) is 1.47. The highest BCUT2D eigenvalue weighted by Gasteiger charge is 2.09. The Morgan fingerprint density at radius 2 is 2.22 bits per heavy atom. The fourth-order valence-electron chi connectivity index (χ4n) is 1.47. The molecule has 0 spiro atoms. The predicted molar refractivity (Wildman–Crippen MR) is 63.8 cm³/mol. The van der Waals surface area contributed by atoms with Crippen LogP contribution in [0.4, 0.5) is 0 Å². The zero-order chi connectivity index (χ0) is 13.0. The minimum absolute atomic E-state index is 0.199. The van der Waals surface area contributed by atoms with E-state index in [4.69, 9.17) is 9.68 Å². The second-order valence-electron chi connectivity index (χ2n) is 3.45. The smallest absolute Gasteiger partial charge is 0.290 e. The molecule has 0 saturated carbocycles. The zero-order valence-electron chi connectivity index (χ0n) is 9.25. The molecule has 0 unspecified atom stereocenters. The van der Waals surface area contributed by atoms with E-state index in [1.54, 1.807) is 30.3 Å². The van der Waals surface area contributed by atoms with Gasteiger partial charge in [0.05, 0.1) is 17.7 Å². The lowest BCUT2D eigenvalue weighted by atomic mass is 10.2. The number of nitrogens with zero attached hydrogens (tertiary/aromatic N) is 2. The highest BCUT2D eigenvalue weighted by molar-refractivity contribution is 6.00. The van der Waals surface area contributed by atoms with Crippen molar-refractivity contribution in [2.45, 2.75) is 6.42 Å². The van der Waals surface area contributed by atoms with E-state index in [0.29, 0.717) is 16.5 Å². The van der Waals surface area contributed by atoms with Crippen molar-refractivity contribution in [2.75, 3.05) is 0 Å². The lowest BCUT2D eigenvalue weighted by Crippen LogP contribution is -2.16. The number of amides is 1. The molecule has 2 rings (SSSR count). The van der Waals surface area contributed by atoms with Crippen molar-refractivity contribution in [2.24, 2.45) is 5.10 Å². The van der Waals surface area contributed by atoms with Gasteiger partial charge in [-0.25, -0.2) is 5.43 Å². The molecular formula is C12H9N3O3. The normalized spacial score (nSPS) is 10.6. The number of nitriles is 1. The Kier molecular flexibility index (Phi) is 3.25. The summed E-state index contributed by atoms with van der Waals surface area (Å²) in [5, 5.41) is 22.7. The third kappa shape index (κ3) is 2.30. The van der Waals surface area contributed by atoms with Crippen LogP contribution in [-0.4, -0.2) is 17.2 Å².